The molecule has 4 bridgehead atoms. The highest BCUT2D eigenvalue weighted by atomic mass is 16.6. The van der Waals surface area contributed by atoms with Gasteiger partial charge in [0.2, 0.25) is 0 Å². The van der Waals surface area contributed by atoms with Crippen molar-refractivity contribution in [2.24, 2.45) is 82.9 Å². The molecule has 2 saturated heterocycles. The smallest absolute Gasteiger partial charge is 0.338 e. The highest BCUT2D eigenvalue weighted by Gasteiger charge is 2.58. The van der Waals surface area contributed by atoms with Gasteiger partial charge in [-0.25, -0.2) is 19.2 Å². The summed E-state index contributed by atoms with van der Waals surface area (Å²) in [6.45, 7) is 11.2. The molecule has 0 spiro atoms. The summed E-state index contributed by atoms with van der Waals surface area (Å²) in [6.07, 6.45) is 49.0. The molecule has 14 heteroatoms. The van der Waals surface area contributed by atoms with E-state index in [2.05, 4.69) is 20.8 Å². The average molecular weight is 1360 g/mol. The lowest BCUT2D eigenvalue weighted by atomic mass is 9.61. The van der Waals surface area contributed by atoms with Gasteiger partial charge in [0.15, 0.2) is 0 Å². The fourth-order valence-corrected chi connectivity index (χ4v) is 20.1. The summed E-state index contributed by atoms with van der Waals surface area (Å²) in [5.41, 5.74) is 1.44. The summed E-state index contributed by atoms with van der Waals surface area (Å²) >= 11 is 0. The van der Waals surface area contributed by atoms with E-state index in [0.717, 1.165) is 75.0 Å². The van der Waals surface area contributed by atoms with Crippen LogP contribution in [0.1, 0.15) is 313 Å². The minimum atomic E-state index is -0.462. The molecular formula is C84H126O14. The van der Waals surface area contributed by atoms with Crippen LogP contribution in [0.15, 0.2) is 48.5 Å². The van der Waals surface area contributed by atoms with Crippen molar-refractivity contribution in [1.82, 2.24) is 0 Å². The Morgan fingerprint density at radius 1 is 0.378 bits per heavy atom. The number of unbranched alkanes of at least 4 members (excludes halogenated alkanes) is 19. The predicted molar refractivity (Wildman–Crippen MR) is 380 cm³/mol. The largest absolute Gasteiger partial charge is 0.466 e. The van der Waals surface area contributed by atoms with Crippen LogP contribution in [0.2, 0.25) is 0 Å². The van der Waals surface area contributed by atoms with Crippen molar-refractivity contribution in [2.75, 3.05) is 39.6 Å². The van der Waals surface area contributed by atoms with Crippen molar-refractivity contribution in [3.63, 3.8) is 0 Å². The summed E-state index contributed by atoms with van der Waals surface area (Å²) in [6, 6.07) is 13.1. The topological polar surface area (TPSA) is 183 Å². The quantitative estimate of drug-likeness (QED) is 0.0264. The van der Waals surface area contributed by atoms with Crippen LogP contribution < -0.4 is 0 Å². The molecule has 14 unspecified atom stereocenters. The van der Waals surface area contributed by atoms with Crippen LogP contribution in [0.25, 0.3) is 0 Å². The van der Waals surface area contributed by atoms with Gasteiger partial charge in [0.05, 0.1) is 48.7 Å². The van der Waals surface area contributed by atoms with Gasteiger partial charge in [-0.2, -0.15) is 0 Å². The van der Waals surface area contributed by atoms with Gasteiger partial charge in [-0.3, -0.25) is 9.59 Å². The molecular weight excluding hydrogens is 1230 g/mol. The highest BCUT2D eigenvalue weighted by Crippen LogP contribution is 2.63. The van der Waals surface area contributed by atoms with Gasteiger partial charge in [0, 0.05) is 13.3 Å². The number of ether oxygens (including phenoxy) is 8. The van der Waals surface area contributed by atoms with Gasteiger partial charge in [-0.1, -0.05) is 187 Å². The zero-order valence-corrected chi connectivity index (χ0v) is 60.8. The van der Waals surface area contributed by atoms with Crippen molar-refractivity contribution in [2.45, 2.75) is 296 Å². The van der Waals surface area contributed by atoms with Gasteiger partial charge in [0.1, 0.15) is 37.6 Å². The summed E-state index contributed by atoms with van der Waals surface area (Å²) in [4.78, 5) is 74.7. The number of hydrogen-bond acceptors (Lipinski definition) is 14. The monoisotopic (exact) mass is 1360 g/mol. The first-order valence-electron chi connectivity index (χ1n) is 40.3. The first-order valence-corrected chi connectivity index (χ1v) is 40.3. The van der Waals surface area contributed by atoms with Gasteiger partial charge >= 0.3 is 35.8 Å². The molecule has 2 heterocycles. The van der Waals surface area contributed by atoms with Crippen LogP contribution in [0, 0.1) is 82.9 Å². The number of benzene rings is 2. The molecule has 0 N–H and O–H groups in total. The van der Waals surface area contributed by atoms with Gasteiger partial charge in [-0.05, 0) is 203 Å². The predicted octanol–water partition coefficient (Wildman–Crippen LogP) is 19.2. The SMILES string of the molecule is CC(=O)OCC1CC2CC1[C@H]1CC(OC(=O)c3cccc(C(=O)OCC4CO4)c3)C[C@@H]21.CCCCCCCCCC1CCC(CCCCCCCC)C(CCCCCC)C1CCCCCCCCC(=O)OCC1CC2CC1[C@H]1CC(OC(=O)c3cccc(C(=O)OCC4CO4)c3)C[C@@H]21. The second-order valence-corrected chi connectivity index (χ2v) is 32.1. The molecule has 14 nitrogen and oxygen atoms in total. The van der Waals surface area contributed by atoms with Crippen molar-refractivity contribution in [3.8, 4) is 0 Å². The molecule has 0 radical (unpaired) electrons. The molecule has 11 rings (SSSR count). The van der Waals surface area contributed by atoms with Gasteiger partial charge < -0.3 is 37.9 Å². The van der Waals surface area contributed by atoms with Crippen LogP contribution in [0.5, 0.6) is 0 Å². The Labute approximate surface area is 589 Å². The molecule has 546 valence electrons. The van der Waals surface area contributed by atoms with E-state index >= 15 is 0 Å². The Morgan fingerprint density at radius 3 is 1.16 bits per heavy atom. The molecule has 0 amide bonds. The third kappa shape index (κ3) is 22.8. The molecule has 18 atom stereocenters. The number of epoxide rings is 2. The van der Waals surface area contributed by atoms with E-state index in [9.17, 15) is 28.8 Å². The van der Waals surface area contributed by atoms with E-state index in [1.807, 2.05) is 0 Å². The molecule has 9 fully saturated rings. The summed E-state index contributed by atoms with van der Waals surface area (Å²) in [5, 5.41) is 0. The Bertz CT molecular complexity index is 2790. The fourth-order valence-electron chi connectivity index (χ4n) is 20.1. The number of carbonyl (C=O) groups excluding carboxylic acids is 6. The summed E-state index contributed by atoms with van der Waals surface area (Å²) in [5.74, 6) is 7.44. The first-order chi connectivity index (χ1) is 47.9. The van der Waals surface area contributed by atoms with Gasteiger partial charge in [-0.15, -0.1) is 0 Å². The molecule has 2 aromatic carbocycles. The lowest BCUT2D eigenvalue weighted by Gasteiger charge is -2.44. The molecule has 7 aliphatic carbocycles. The minimum absolute atomic E-state index is 0.00262. The third-order valence-electron chi connectivity index (χ3n) is 25.2. The van der Waals surface area contributed by atoms with E-state index in [1.54, 1.807) is 42.5 Å². The second kappa shape index (κ2) is 39.6. The number of hydrogen-bond donors (Lipinski definition) is 0. The van der Waals surface area contributed by atoms with Gasteiger partial charge in [0.25, 0.3) is 0 Å². The normalized spacial score (nSPS) is 30.4. The zero-order valence-electron chi connectivity index (χ0n) is 60.8. The van der Waals surface area contributed by atoms with Crippen molar-refractivity contribution < 1.29 is 66.7 Å². The Morgan fingerprint density at radius 2 is 0.745 bits per heavy atom. The number of carbonyl (C=O) groups is 6. The second-order valence-electron chi connectivity index (χ2n) is 32.1. The van der Waals surface area contributed by atoms with Crippen LogP contribution in [-0.4, -0.2) is 99.9 Å². The maximum atomic E-state index is 13.2. The summed E-state index contributed by atoms with van der Waals surface area (Å²) in [7, 11) is 0. The molecule has 9 aliphatic rings. The Kier molecular flexibility index (Phi) is 30.6. The molecule has 2 aromatic rings. The lowest BCUT2D eigenvalue weighted by molar-refractivity contribution is -0.146. The van der Waals surface area contributed by atoms with Crippen molar-refractivity contribution in [1.29, 1.82) is 0 Å². The third-order valence-corrected chi connectivity index (χ3v) is 25.2. The van der Waals surface area contributed by atoms with Crippen molar-refractivity contribution in [3.05, 3.63) is 70.8 Å². The maximum absolute atomic E-state index is 13.2. The highest BCUT2D eigenvalue weighted by molar-refractivity contribution is 5.96. The average Bonchev–Trinajstić information content (AvgIpc) is 1.60. The molecule has 2 aliphatic heterocycles. The molecule has 98 heavy (non-hydrogen) atoms. The first kappa shape index (κ1) is 75.8. The number of esters is 6. The molecule has 7 saturated carbocycles. The number of fused-ring (bicyclic) bond motifs is 10. The Balaban J connectivity index is 0.000000277. The van der Waals surface area contributed by atoms with Crippen LogP contribution in [0.4, 0.5) is 0 Å². The Hall–Kier alpha value is -4.82. The number of rotatable bonds is 43. The van der Waals surface area contributed by atoms with E-state index in [0.29, 0.717) is 114 Å². The van der Waals surface area contributed by atoms with E-state index < -0.39 is 17.9 Å². The van der Waals surface area contributed by atoms with E-state index in [4.69, 9.17) is 37.9 Å². The minimum Gasteiger partial charge on any atom is -0.466 e. The fraction of sp³-hybridized carbons (Fsp3) is 0.786. The maximum Gasteiger partial charge on any atom is 0.338 e. The van der Waals surface area contributed by atoms with E-state index in [-0.39, 0.29) is 55.5 Å². The van der Waals surface area contributed by atoms with Crippen LogP contribution in [0.3, 0.4) is 0 Å². The molecule has 0 aromatic heterocycles. The summed E-state index contributed by atoms with van der Waals surface area (Å²) < 4.78 is 43.8. The van der Waals surface area contributed by atoms with Crippen molar-refractivity contribution >= 4 is 35.8 Å². The van der Waals surface area contributed by atoms with E-state index in [1.165, 1.54) is 199 Å². The standard InChI is InChI=1S/C60H98O7.C24H28O7/c1-4-7-10-13-15-19-23-29-46-36-35-45(28-22-18-14-11-8-5-2)53(32-24-12-9-6-3)54(46)33-25-20-16-17-21-26-34-58(61)65-42-50-38-49-39-55(50)57-41-51(40-56(49)57)67-60(63)48-31-27-30-47(37-48)59(62)66-44-52-43-64-52;1-13(25)28-10-17-6-16-7-20(17)22-9-18(8-21(16)22)31-24(27)15-4-2-3-14(5-15)23(26)30-12-19-11-29-19/h27,30-31,37,45-46,49-57H,4-26,28-29,32-36,38-44H2,1-3H3;2-5,16-22H,6-12H2,1H3/t45?,46?,49?,50?,51?,52?,53?,54?,55?,56-,57+;16?,17?,18?,19?,20?,21-,22+/m00/s1. The lowest BCUT2D eigenvalue weighted by Crippen LogP contribution is -2.35. The van der Waals surface area contributed by atoms with Crippen LogP contribution >= 0.6 is 0 Å². The zero-order chi connectivity index (χ0) is 68.6. The van der Waals surface area contributed by atoms with Crippen LogP contribution in [-0.2, 0) is 47.5 Å².